The van der Waals surface area contributed by atoms with Crippen LogP contribution >= 0.6 is 11.8 Å². The van der Waals surface area contributed by atoms with E-state index < -0.39 is 0 Å². The zero-order valence-electron chi connectivity index (χ0n) is 12.8. The highest BCUT2D eigenvalue weighted by atomic mass is 32.2. The van der Waals surface area contributed by atoms with Gasteiger partial charge in [0.1, 0.15) is 12.3 Å². The minimum absolute atomic E-state index is 0.0393. The molecule has 0 aliphatic carbocycles. The highest BCUT2D eigenvalue weighted by molar-refractivity contribution is 8.00. The number of para-hydroxylation sites is 1. The summed E-state index contributed by atoms with van der Waals surface area (Å²) in [5, 5.41) is 2.92. The summed E-state index contributed by atoms with van der Waals surface area (Å²) in [4.78, 5) is 27.0. The summed E-state index contributed by atoms with van der Waals surface area (Å²) in [6.45, 7) is 1.96. The zero-order valence-corrected chi connectivity index (χ0v) is 13.6. The number of benzene rings is 1. The maximum absolute atomic E-state index is 12.3. The van der Waals surface area contributed by atoms with Gasteiger partial charge in [0.05, 0.1) is 17.7 Å². The summed E-state index contributed by atoms with van der Waals surface area (Å²) in [6.07, 6.45) is 2.24. The first-order chi connectivity index (χ1) is 11.1. The number of anilines is 1. The van der Waals surface area contributed by atoms with Crippen LogP contribution < -0.4 is 10.2 Å². The number of thioether (sulfide) groups is 1. The monoisotopic (exact) mass is 330 g/mol. The van der Waals surface area contributed by atoms with Crippen molar-refractivity contribution in [3.05, 3.63) is 48.4 Å². The summed E-state index contributed by atoms with van der Waals surface area (Å²) in [5.74, 6) is 0.988. The molecule has 0 spiro atoms. The molecule has 1 aliphatic rings. The lowest BCUT2D eigenvalue weighted by Crippen LogP contribution is -2.45. The van der Waals surface area contributed by atoms with E-state index in [4.69, 9.17) is 4.42 Å². The van der Waals surface area contributed by atoms with Gasteiger partial charge in [-0.15, -0.1) is 11.8 Å². The summed E-state index contributed by atoms with van der Waals surface area (Å²) in [5.41, 5.74) is 0.808. The maximum Gasteiger partial charge on any atom is 0.240 e. The molecule has 2 heterocycles. The van der Waals surface area contributed by atoms with Crippen molar-refractivity contribution in [2.75, 3.05) is 17.2 Å². The highest BCUT2D eigenvalue weighted by Crippen LogP contribution is 2.34. The Labute approximate surface area is 139 Å². The van der Waals surface area contributed by atoms with Crippen molar-refractivity contribution >= 4 is 29.3 Å². The van der Waals surface area contributed by atoms with E-state index in [2.05, 4.69) is 5.32 Å². The topological polar surface area (TPSA) is 62.6 Å². The Hall–Kier alpha value is -2.21. The van der Waals surface area contributed by atoms with Crippen LogP contribution in [0.1, 0.15) is 12.7 Å². The van der Waals surface area contributed by atoms with Crippen LogP contribution in [0, 0.1) is 0 Å². The van der Waals surface area contributed by atoms with Gasteiger partial charge in [-0.3, -0.25) is 9.59 Å². The summed E-state index contributed by atoms with van der Waals surface area (Å²) in [6, 6.07) is 11.3. The number of nitrogens with zero attached hydrogens (tertiary/aromatic N) is 1. The van der Waals surface area contributed by atoms with E-state index >= 15 is 0 Å². The number of rotatable bonds is 5. The van der Waals surface area contributed by atoms with Crippen LogP contribution in [-0.2, 0) is 16.0 Å². The molecule has 1 unspecified atom stereocenters. The molecular formula is C17H18N2O3S. The molecule has 2 aromatic rings. The molecule has 120 valence electrons. The van der Waals surface area contributed by atoms with Crippen molar-refractivity contribution in [3.63, 3.8) is 0 Å². The standard InChI is InChI=1S/C17H18N2O3S/c1-12(9-13-5-4-8-22-13)18-16(20)10-19-14-6-2-3-7-15(14)23-11-17(19)21/h2-8,12H,9-11H2,1H3,(H,18,20). The van der Waals surface area contributed by atoms with Gasteiger partial charge in [-0.1, -0.05) is 12.1 Å². The molecule has 1 aromatic heterocycles. The number of furan rings is 1. The van der Waals surface area contributed by atoms with E-state index in [1.807, 2.05) is 43.3 Å². The first kappa shape index (κ1) is 15.7. The Bertz CT molecular complexity index is 700. The molecular weight excluding hydrogens is 312 g/mol. The smallest absolute Gasteiger partial charge is 0.240 e. The number of fused-ring (bicyclic) bond motifs is 1. The average Bonchev–Trinajstić information content (AvgIpc) is 3.03. The lowest BCUT2D eigenvalue weighted by atomic mass is 10.2. The van der Waals surface area contributed by atoms with E-state index in [0.29, 0.717) is 12.2 Å². The largest absolute Gasteiger partial charge is 0.469 e. The molecule has 1 aromatic carbocycles. The van der Waals surface area contributed by atoms with Gasteiger partial charge in [0.25, 0.3) is 0 Å². The van der Waals surface area contributed by atoms with Gasteiger partial charge in [-0.05, 0) is 31.2 Å². The number of amides is 2. The van der Waals surface area contributed by atoms with Gasteiger partial charge in [0.2, 0.25) is 11.8 Å². The molecule has 0 saturated heterocycles. The van der Waals surface area contributed by atoms with Gasteiger partial charge in [-0.25, -0.2) is 0 Å². The molecule has 0 saturated carbocycles. The van der Waals surface area contributed by atoms with Crippen molar-refractivity contribution in [2.45, 2.75) is 24.3 Å². The fourth-order valence-corrected chi connectivity index (χ4v) is 3.51. The zero-order chi connectivity index (χ0) is 16.2. The molecule has 6 heteroatoms. The van der Waals surface area contributed by atoms with E-state index in [1.165, 1.54) is 11.8 Å². The van der Waals surface area contributed by atoms with Crippen LogP contribution in [0.2, 0.25) is 0 Å². The van der Waals surface area contributed by atoms with Crippen LogP contribution in [0.4, 0.5) is 5.69 Å². The van der Waals surface area contributed by atoms with Crippen LogP contribution in [0.5, 0.6) is 0 Å². The molecule has 1 N–H and O–H groups in total. The predicted octanol–water partition coefficient (Wildman–Crippen LogP) is 2.47. The fourth-order valence-electron chi connectivity index (χ4n) is 2.57. The van der Waals surface area contributed by atoms with E-state index in [0.717, 1.165) is 16.3 Å². The molecule has 5 nitrogen and oxygen atoms in total. The summed E-state index contributed by atoms with van der Waals surface area (Å²) >= 11 is 1.51. The highest BCUT2D eigenvalue weighted by Gasteiger charge is 2.26. The molecule has 1 atom stereocenters. The van der Waals surface area contributed by atoms with Gasteiger partial charge in [0.15, 0.2) is 0 Å². The van der Waals surface area contributed by atoms with Crippen LogP contribution in [-0.4, -0.2) is 30.2 Å². The second-order valence-corrected chi connectivity index (χ2v) is 6.51. The average molecular weight is 330 g/mol. The van der Waals surface area contributed by atoms with Crippen molar-refractivity contribution in [3.8, 4) is 0 Å². The second kappa shape index (κ2) is 6.91. The third kappa shape index (κ3) is 3.76. The lowest BCUT2D eigenvalue weighted by molar-refractivity contribution is -0.123. The Morgan fingerprint density at radius 2 is 2.17 bits per heavy atom. The van der Waals surface area contributed by atoms with Gasteiger partial charge >= 0.3 is 0 Å². The number of nitrogens with one attached hydrogen (secondary N) is 1. The van der Waals surface area contributed by atoms with E-state index in [-0.39, 0.29) is 24.4 Å². The third-order valence-corrected chi connectivity index (χ3v) is 4.65. The quantitative estimate of drug-likeness (QED) is 0.915. The molecule has 3 rings (SSSR count). The third-order valence-electron chi connectivity index (χ3n) is 3.60. The lowest BCUT2D eigenvalue weighted by Gasteiger charge is -2.28. The first-order valence-electron chi connectivity index (χ1n) is 7.47. The van der Waals surface area contributed by atoms with Gasteiger partial charge in [-0.2, -0.15) is 0 Å². The van der Waals surface area contributed by atoms with E-state index in [1.54, 1.807) is 11.2 Å². The minimum atomic E-state index is -0.167. The Kier molecular flexibility index (Phi) is 4.71. The van der Waals surface area contributed by atoms with E-state index in [9.17, 15) is 9.59 Å². The molecule has 23 heavy (non-hydrogen) atoms. The Balaban J connectivity index is 1.62. The minimum Gasteiger partial charge on any atom is -0.469 e. The van der Waals surface area contributed by atoms with Crippen LogP contribution in [0.15, 0.2) is 52.0 Å². The summed E-state index contributed by atoms with van der Waals surface area (Å²) in [7, 11) is 0. The van der Waals surface area contributed by atoms with Crippen molar-refractivity contribution in [1.82, 2.24) is 5.32 Å². The number of carbonyl (C=O) groups is 2. The Morgan fingerprint density at radius 3 is 2.96 bits per heavy atom. The molecule has 0 radical (unpaired) electrons. The summed E-state index contributed by atoms with van der Waals surface area (Å²) < 4.78 is 5.28. The second-order valence-electron chi connectivity index (χ2n) is 5.49. The molecule has 1 aliphatic heterocycles. The van der Waals surface area contributed by atoms with Gasteiger partial charge in [0, 0.05) is 17.4 Å². The van der Waals surface area contributed by atoms with Crippen LogP contribution in [0.3, 0.4) is 0 Å². The molecule has 2 amide bonds. The van der Waals surface area contributed by atoms with Crippen molar-refractivity contribution < 1.29 is 14.0 Å². The predicted molar refractivity (Wildman–Crippen MR) is 89.5 cm³/mol. The van der Waals surface area contributed by atoms with Crippen molar-refractivity contribution in [1.29, 1.82) is 0 Å². The van der Waals surface area contributed by atoms with Crippen molar-refractivity contribution in [2.24, 2.45) is 0 Å². The number of hydrogen-bond acceptors (Lipinski definition) is 4. The number of carbonyl (C=O) groups excluding carboxylic acids is 2. The molecule has 0 bridgehead atoms. The maximum atomic E-state index is 12.3. The normalized spacial score (nSPS) is 15.2. The number of hydrogen-bond donors (Lipinski definition) is 1. The van der Waals surface area contributed by atoms with Crippen LogP contribution in [0.25, 0.3) is 0 Å². The fraction of sp³-hybridized carbons (Fsp3) is 0.294. The first-order valence-corrected chi connectivity index (χ1v) is 8.46. The molecule has 0 fully saturated rings. The SMILES string of the molecule is CC(Cc1ccco1)NC(=O)CN1C(=O)CSc2ccccc21. The van der Waals surface area contributed by atoms with Gasteiger partial charge < -0.3 is 14.6 Å². The Morgan fingerprint density at radius 1 is 1.35 bits per heavy atom.